The summed E-state index contributed by atoms with van der Waals surface area (Å²) in [6, 6.07) is 19.3. The third-order valence-corrected chi connectivity index (χ3v) is 4.38. The normalized spacial score (nSPS) is 10.7. The van der Waals surface area contributed by atoms with Crippen molar-refractivity contribution in [2.75, 3.05) is 24.4 Å². The van der Waals surface area contributed by atoms with Crippen LogP contribution in [0.25, 0.3) is 0 Å². The molecule has 10 heteroatoms. The van der Waals surface area contributed by atoms with Gasteiger partial charge in [-0.3, -0.25) is 9.59 Å². The van der Waals surface area contributed by atoms with Gasteiger partial charge in [-0.05, 0) is 48.5 Å². The average molecular weight is 469 g/mol. The van der Waals surface area contributed by atoms with Crippen molar-refractivity contribution >= 4 is 29.4 Å². The van der Waals surface area contributed by atoms with Gasteiger partial charge < -0.3 is 24.9 Å². The Morgan fingerprint density at radius 2 is 1.62 bits per heavy atom. The van der Waals surface area contributed by atoms with Gasteiger partial charge in [-0.2, -0.15) is 8.78 Å². The summed E-state index contributed by atoms with van der Waals surface area (Å²) in [7, 11) is 1.51. The van der Waals surface area contributed by atoms with Gasteiger partial charge in [0.05, 0.1) is 19.0 Å². The minimum Gasteiger partial charge on any atom is -0.495 e. The fourth-order valence-corrected chi connectivity index (χ4v) is 2.82. The Labute approximate surface area is 194 Å². The molecule has 0 atom stereocenters. The zero-order chi connectivity index (χ0) is 24.3. The Kier molecular flexibility index (Phi) is 8.50. The fourth-order valence-electron chi connectivity index (χ4n) is 2.82. The number of carbonyl (C=O) groups is 2. The van der Waals surface area contributed by atoms with Crippen LogP contribution in [0.3, 0.4) is 0 Å². The lowest BCUT2D eigenvalue weighted by Gasteiger charge is -2.10. The molecule has 0 bridgehead atoms. The van der Waals surface area contributed by atoms with E-state index < -0.39 is 19.1 Å². The van der Waals surface area contributed by atoms with Crippen LogP contribution < -0.4 is 20.1 Å². The van der Waals surface area contributed by atoms with Crippen LogP contribution in [0.15, 0.2) is 78.0 Å². The number of amides is 2. The molecule has 0 aliphatic rings. The third-order valence-electron chi connectivity index (χ3n) is 4.38. The van der Waals surface area contributed by atoms with E-state index in [0.29, 0.717) is 22.7 Å². The highest BCUT2D eigenvalue weighted by molar-refractivity contribution is 6.05. The Bertz CT molecular complexity index is 1150. The van der Waals surface area contributed by atoms with E-state index in [2.05, 4.69) is 20.5 Å². The molecule has 2 amide bonds. The predicted molar refractivity (Wildman–Crippen MR) is 123 cm³/mol. The lowest BCUT2D eigenvalue weighted by atomic mass is 10.2. The molecular formula is C24H21F2N3O5. The number of halogens is 2. The van der Waals surface area contributed by atoms with Gasteiger partial charge in [0.2, 0.25) is 0 Å². The summed E-state index contributed by atoms with van der Waals surface area (Å²) >= 11 is 0. The molecule has 0 aromatic heterocycles. The maximum atomic E-state index is 12.4. The zero-order valence-corrected chi connectivity index (χ0v) is 18.0. The van der Waals surface area contributed by atoms with Crippen molar-refractivity contribution in [1.82, 2.24) is 0 Å². The van der Waals surface area contributed by atoms with Crippen molar-refractivity contribution < 1.29 is 32.7 Å². The van der Waals surface area contributed by atoms with E-state index in [-0.39, 0.29) is 17.2 Å². The molecule has 0 spiro atoms. The first kappa shape index (κ1) is 24.2. The van der Waals surface area contributed by atoms with Crippen LogP contribution in [0.4, 0.5) is 20.2 Å². The first-order valence-corrected chi connectivity index (χ1v) is 9.99. The van der Waals surface area contributed by atoms with Crippen LogP contribution in [0.5, 0.6) is 11.5 Å². The molecule has 0 heterocycles. The van der Waals surface area contributed by atoms with Crippen molar-refractivity contribution in [2.45, 2.75) is 6.61 Å². The molecule has 2 N–H and O–H groups in total. The summed E-state index contributed by atoms with van der Waals surface area (Å²) in [6.07, 6.45) is 1.17. The van der Waals surface area contributed by atoms with E-state index >= 15 is 0 Å². The summed E-state index contributed by atoms with van der Waals surface area (Å²) < 4.78 is 34.4. The highest BCUT2D eigenvalue weighted by Crippen LogP contribution is 2.24. The van der Waals surface area contributed by atoms with Gasteiger partial charge in [0.25, 0.3) is 11.8 Å². The van der Waals surface area contributed by atoms with Crippen LogP contribution in [-0.4, -0.2) is 38.4 Å². The number of oxime groups is 1. The van der Waals surface area contributed by atoms with Gasteiger partial charge in [-0.15, -0.1) is 0 Å². The standard InChI is InChI=1S/C24H21F2N3O5/c1-32-21-9-5-3-7-19(21)29-23(31)16-10-12-18(13-11-16)28-22(30)15-33-27-14-17-6-2-4-8-20(17)34-24(25)26/h2-14,24H,15H2,1H3,(H,28,30)(H,29,31)/b27-14+. The van der Waals surface area contributed by atoms with E-state index in [0.717, 1.165) is 0 Å². The molecule has 0 aliphatic heterocycles. The molecule has 3 rings (SSSR count). The molecule has 0 unspecified atom stereocenters. The fraction of sp³-hybridized carbons (Fsp3) is 0.125. The van der Waals surface area contributed by atoms with E-state index in [4.69, 9.17) is 9.57 Å². The largest absolute Gasteiger partial charge is 0.495 e. The Morgan fingerprint density at radius 1 is 0.941 bits per heavy atom. The number of carbonyl (C=O) groups excluding carboxylic acids is 2. The number of methoxy groups -OCH3 is 1. The summed E-state index contributed by atoms with van der Waals surface area (Å²) in [5.74, 6) is -0.367. The van der Waals surface area contributed by atoms with Gasteiger partial charge >= 0.3 is 6.61 Å². The SMILES string of the molecule is COc1ccccc1NC(=O)c1ccc(NC(=O)CO/N=C/c2ccccc2OC(F)F)cc1. The molecule has 0 fully saturated rings. The Balaban J connectivity index is 1.49. The van der Waals surface area contributed by atoms with E-state index in [9.17, 15) is 18.4 Å². The van der Waals surface area contributed by atoms with Gasteiger partial charge in [0, 0.05) is 16.8 Å². The second kappa shape index (κ2) is 12.0. The number of benzene rings is 3. The molecule has 3 aromatic rings. The zero-order valence-electron chi connectivity index (χ0n) is 18.0. The van der Waals surface area contributed by atoms with Crippen molar-refractivity contribution in [3.05, 3.63) is 83.9 Å². The van der Waals surface area contributed by atoms with Gasteiger partial charge in [-0.25, -0.2) is 0 Å². The molecule has 0 saturated heterocycles. The maximum Gasteiger partial charge on any atom is 0.387 e. The van der Waals surface area contributed by atoms with Crippen LogP contribution in [-0.2, 0) is 9.63 Å². The number of anilines is 2. The number of nitrogens with one attached hydrogen (secondary N) is 2. The Hall–Kier alpha value is -4.47. The van der Waals surface area contributed by atoms with Crippen molar-refractivity contribution in [1.29, 1.82) is 0 Å². The number of hydrogen-bond acceptors (Lipinski definition) is 6. The molecule has 3 aromatic carbocycles. The van der Waals surface area contributed by atoms with Crippen molar-refractivity contribution in [2.24, 2.45) is 5.16 Å². The third kappa shape index (κ3) is 7.02. The van der Waals surface area contributed by atoms with Crippen LogP contribution >= 0.6 is 0 Å². The first-order chi connectivity index (χ1) is 16.5. The lowest BCUT2D eigenvalue weighted by molar-refractivity contribution is -0.120. The molecule has 176 valence electrons. The number of alkyl halides is 2. The molecule has 0 saturated carbocycles. The summed E-state index contributed by atoms with van der Waals surface area (Å²) in [5, 5.41) is 8.97. The second-order valence-electron chi connectivity index (χ2n) is 6.70. The highest BCUT2D eigenvalue weighted by atomic mass is 19.3. The second-order valence-corrected chi connectivity index (χ2v) is 6.70. The summed E-state index contributed by atoms with van der Waals surface area (Å²) in [5.41, 5.74) is 1.63. The van der Waals surface area contributed by atoms with E-state index in [1.54, 1.807) is 54.6 Å². The minimum absolute atomic E-state index is 0.0656. The molecular weight excluding hydrogens is 448 g/mol. The van der Waals surface area contributed by atoms with E-state index in [1.807, 2.05) is 0 Å². The van der Waals surface area contributed by atoms with Gasteiger partial charge in [0.1, 0.15) is 11.5 Å². The maximum absolute atomic E-state index is 12.4. The molecule has 34 heavy (non-hydrogen) atoms. The van der Waals surface area contributed by atoms with Crippen LogP contribution in [0, 0.1) is 0 Å². The van der Waals surface area contributed by atoms with Crippen LogP contribution in [0.2, 0.25) is 0 Å². The Morgan fingerprint density at radius 3 is 2.32 bits per heavy atom. The quantitative estimate of drug-likeness (QED) is 0.336. The number of ether oxygens (including phenoxy) is 2. The van der Waals surface area contributed by atoms with Gasteiger partial charge in [-0.1, -0.05) is 29.4 Å². The summed E-state index contributed by atoms with van der Waals surface area (Å²) in [6.45, 7) is -3.38. The molecule has 0 aliphatic carbocycles. The van der Waals surface area contributed by atoms with Crippen molar-refractivity contribution in [3.63, 3.8) is 0 Å². The lowest BCUT2D eigenvalue weighted by Crippen LogP contribution is -2.17. The predicted octanol–water partition coefficient (Wildman–Crippen LogP) is 4.54. The number of rotatable bonds is 10. The van der Waals surface area contributed by atoms with Gasteiger partial charge in [0.15, 0.2) is 6.61 Å². The summed E-state index contributed by atoms with van der Waals surface area (Å²) in [4.78, 5) is 29.4. The average Bonchev–Trinajstić information content (AvgIpc) is 2.83. The monoisotopic (exact) mass is 469 g/mol. The highest BCUT2D eigenvalue weighted by Gasteiger charge is 2.11. The smallest absolute Gasteiger partial charge is 0.387 e. The topological polar surface area (TPSA) is 98.3 Å². The van der Waals surface area contributed by atoms with E-state index in [1.165, 1.54) is 31.5 Å². The number of para-hydroxylation sites is 3. The van der Waals surface area contributed by atoms with Crippen LogP contribution in [0.1, 0.15) is 15.9 Å². The molecule has 8 nitrogen and oxygen atoms in total. The number of hydrogen-bond donors (Lipinski definition) is 2. The number of nitrogens with zero attached hydrogens (tertiary/aromatic N) is 1. The first-order valence-electron chi connectivity index (χ1n) is 9.99. The minimum atomic E-state index is -2.97. The molecule has 0 radical (unpaired) electrons. The van der Waals surface area contributed by atoms with Crippen molar-refractivity contribution in [3.8, 4) is 11.5 Å².